The lowest BCUT2D eigenvalue weighted by molar-refractivity contribution is 0.122. The van der Waals surface area contributed by atoms with Gasteiger partial charge < -0.3 is 14.6 Å². The fraction of sp³-hybridized carbons (Fsp3) is 0.667. The van der Waals surface area contributed by atoms with Crippen LogP contribution in [0.15, 0.2) is 17.1 Å². The molecule has 0 bridgehead atoms. The zero-order chi connectivity index (χ0) is 19.6. The molecule has 1 aromatic heterocycles. The van der Waals surface area contributed by atoms with Crippen molar-refractivity contribution in [2.24, 2.45) is 5.92 Å². The average Bonchev–Trinajstić information content (AvgIpc) is 2.63. The Balaban J connectivity index is 1.55. The zero-order valence-corrected chi connectivity index (χ0v) is 16.4. The Morgan fingerprint density at radius 1 is 1.26 bits per heavy atom. The second kappa shape index (κ2) is 8.02. The summed E-state index contributed by atoms with van der Waals surface area (Å²) in [5, 5.41) is 8.99. The molecular formula is C18H27N3O5S. The molecule has 3 heterocycles. The Morgan fingerprint density at radius 3 is 2.59 bits per heavy atom. The SMILES string of the molecule is CS(=O)(=O)N1CCc2c(ccn(CCCC3CCN(C(=O)O)CC3)c2=O)C1. The quantitative estimate of drug-likeness (QED) is 0.808. The number of pyridine rings is 1. The van der Waals surface area contributed by atoms with Gasteiger partial charge in [-0.25, -0.2) is 13.2 Å². The van der Waals surface area contributed by atoms with E-state index in [4.69, 9.17) is 5.11 Å². The maximum Gasteiger partial charge on any atom is 0.407 e. The van der Waals surface area contributed by atoms with E-state index < -0.39 is 16.1 Å². The molecular weight excluding hydrogens is 370 g/mol. The summed E-state index contributed by atoms with van der Waals surface area (Å²) in [4.78, 5) is 25.1. The van der Waals surface area contributed by atoms with Crippen molar-refractivity contribution in [2.45, 2.75) is 45.2 Å². The molecule has 3 rings (SSSR count). The average molecular weight is 397 g/mol. The first-order valence-corrected chi connectivity index (χ1v) is 11.2. The van der Waals surface area contributed by atoms with E-state index in [2.05, 4.69) is 0 Å². The fourth-order valence-corrected chi connectivity index (χ4v) is 4.80. The van der Waals surface area contributed by atoms with Gasteiger partial charge in [-0.15, -0.1) is 0 Å². The van der Waals surface area contributed by atoms with Crippen molar-refractivity contribution in [3.8, 4) is 0 Å². The number of aryl methyl sites for hydroxylation is 1. The molecule has 1 saturated heterocycles. The lowest BCUT2D eigenvalue weighted by Gasteiger charge is -2.30. The highest BCUT2D eigenvalue weighted by atomic mass is 32.2. The van der Waals surface area contributed by atoms with Gasteiger partial charge in [-0.1, -0.05) is 0 Å². The maximum absolute atomic E-state index is 12.7. The molecule has 0 radical (unpaired) electrons. The Bertz CT molecular complexity index is 856. The summed E-state index contributed by atoms with van der Waals surface area (Å²) in [6.45, 7) is 2.45. The van der Waals surface area contributed by atoms with Gasteiger partial charge in [0.1, 0.15) is 0 Å². The molecule has 1 N–H and O–H groups in total. The minimum Gasteiger partial charge on any atom is -0.465 e. The van der Waals surface area contributed by atoms with Crippen molar-refractivity contribution in [2.75, 3.05) is 25.9 Å². The van der Waals surface area contributed by atoms with Crippen LogP contribution in [0.5, 0.6) is 0 Å². The molecule has 0 aromatic carbocycles. The molecule has 1 fully saturated rings. The first-order chi connectivity index (χ1) is 12.8. The molecule has 1 amide bonds. The first kappa shape index (κ1) is 19.9. The smallest absolute Gasteiger partial charge is 0.407 e. The second-order valence-electron chi connectivity index (χ2n) is 7.52. The molecule has 2 aliphatic rings. The first-order valence-electron chi connectivity index (χ1n) is 9.40. The minimum atomic E-state index is -3.24. The summed E-state index contributed by atoms with van der Waals surface area (Å²) in [5.74, 6) is 0.511. The number of hydrogen-bond donors (Lipinski definition) is 1. The number of amides is 1. The van der Waals surface area contributed by atoms with Crippen LogP contribution in [0.25, 0.3) is 0 Å². The van der Waals surface area contributed by atoms with E-state index in [1.165, 1.54) is 15.5 Å². The van der Waals surface area contributed by atoms with E-state index in [1.54, 1.807) is 10.8 Å². The van der Waals surface area contributed by atoms with Gasteiger partial charge in [0.05, 0.1) is 6.26 Å². The Hall–Kier alpha value is -1.87. The summed E-state index contributed by atoms with van der Waals surface area (Å²) in [6, 6.07) is 1.86. The molecule has 150 valence electrons. The van der Waals surface area contributed by atoms with E-state index in [9.17, 15) is 18.0 Å². The topological polar surface area (TPSA) is 99.9 Å². The van der Waals surface area contributed by atoms with Crippen LogP contribution in [-0.2, 0) is 29.5 Å². The number of fused-ring (bicyclic) bond motifs is 1. The normalized spacial score (nSPS) is 19.1. The van der Waals surface area contributed by atoms with Crippen molar-refractivity contribution in [3.05, 3.63) is 33.7 Å². The molecule has 8 nitrogen and oxygen atoms in total. The Labute approximate surface area is 159 Å². The Morgan fingerprint density at radius 2 is 1.96 bits per heavy atom. The van der Waals surface area contributed by atoms with E-state index in [0.29, 0.717) is 38.5 Å². The molecule has 9 heteroatoms. The van der Waals surface area contributed by atoms with Crippen molar-refractivity contribution >= 4 is 16.1 Å². The standard InChI is InChI=1S/C18H27N3O5S/c1-27(25,26)21-12-7-16-15(13-21)6-11-19(17(16)22)8-2-3-14-4-9-20(10-5-14)18(23)24/h6,11,14H,2-5,7-10,12-13H2,1H3,(H,23,24). The van der Waals surface area contributed by atoms with Gasteiger partial charge in [0.2, 0.25) is 10.0 Å². The summed E-state index contributed by atoms with van der Waals surface area (Å²) < 4.78 is 26.5. The highest BCUT2D eigenvalue weighted by Crippen LogP contribution is 2.22. The van der Waals surface area contributed by atoms with Crippen LogP contribution in [0.4, 0.5) is 4.79 Å². The van der Waals surface area contributed by atoms with Crippen LogP contribution in [0.3, 0.4) is 0 Å². The summed E-state index contributed by atoms with van der Waals surface area (Å²) >= 11 is 0. The number of nitrogens with zero attached hydrogens (tertiary/aromatic N) is 3. The molecule has 1 aromatic rings. The number of piperidine rings is 1. The fourth-order valence-electron chi connectivity index (χ4n) is 4.00. The Kier molecular flexibility index (Phi) is 5.90. The van der Waals surface area contributed by atoms with Crippen LogP contribution >= 0.6 is 0 Å². The van der Waals surface area contributed by atoms with E-state index >= 15 is 0 Å². The highest BCUT2D eigenvalue weighted by Gasteiger charge is 2.25. The summed E-state index contributed by atoms with van der Waals surface area (Å²) in [7, 11) is -3.24. The van der Waals surface area contributed by atoms with Crippen LogP contribution in [0.2, 0.25) is 0 Å². The van der Waals surface area contributed by atoms with Crippen LogP contribution in [-0.4, -0.2) is 59.3 Å². The number of carboxylic acid groups (broad SMARTS) is 1. The monoisotopic (exact) mass is 397 g/mol. The molecule has 0 aliphatic carbocycles. The van der Waals surface area contributed by atoms with Gasteiger partial charge in [-0.05, 0) is 49.7 Å². The van der Waals surface area contributed by atoms with Crippen LogP contribution in [0.1, 0.15) is 36.8 Å². The molecule has 0 saturated carbocycles. The van der Waals surface area contributed by atoms with Crippen molar-refractivity contribution in [1.82, 2.24) is 13.8 Å². The van der Waals surface area contributed by atoms with Gasteiger partial charge in [0.15, 0.2) is 0 Å². The lowest BCUT2D eigenvalue weighted by atomic mass is 9.92. The zero-order valence-electron chi connectivity index (χ0n) is 15.6. The predicted molar refractivity (Wildman–Crippen MR) is 101 cm³/mol. The highest BCUT2D eigenvalue weighted by molar-refractivity contribution is 7.88. The number of hydrogen-bond acceptors (Lipinski definition) is 4. The lowest BCUT2D eigenvalue weighted by Crippen LogP contribution is -2.39. The van der Waals surface area contributed by atoms with Crippen molar-refractivity contribution in [1.29, 1.82) is 0 Å². The minimum absolute atomic E-state index is 0.0126. The van der Waals surface area contributed by atoms with Gasteiger partial charge in [-0.2, -0.15) is 4.31 Å². The largest absolute Gasteiger partial charge is 0.465 e. The van der Waals surface area contributed by atoms with Crippen LogP contribution < -0.4 is 5.56 Å². The third-order valence-electron chi connectivity index (χ3n) is 5.69. The molecule has 0 spiro atoms. The van der Waals surface area contributed by atoms with Gasteiger partial charge >= 0.3 is 6.09 Å². The molecule has 2 aliphatic heterocycles. The summed E-state index contributed by atoms with van der Waals surface area (Å²) in [5.41, 5.74) is 1.52. The number of sulfonamides is 1. The van der Waals surface area contributed by atoms with Gasteiger partial charge in [-0.3, -0.25) is 4.79 Å². The molecule has 0 unspecified atom stereocenters. The van der Waals surface area contributed by atoms with Gasteiger partial charge in [0.25, 0.3) is 5.56 Å². The molecule has 27 heavy (non-hydrogen) atoms. The number of carbonyl (C=O) groups is 1. The van der Waals surface area contributed by atoms with Crippen molar-refractivity contribution < 1.29 is 18.3 Å². The number of rotatable bonds is 5. The van der Waals surface area contributed by atoms with Crippen LogP contribution in [0, 0.1) is 5.92 Å². The third kappa shape index (κ3) is 4.70. The second-order valence-corrected chi connectivity index (χ2v) is 9.50. The predicted octanol–water partition coefficient (Wildman–Crippen LogP) is 1.34. The van der Waals surface area contributed by atoms with E-state index in [0.717, 1.165) is 36.8 Å². The van der Waals surface area contributed by atoms with Gasteiger partial charge in [0, 0.05) is 44.5 Å². The summed E-state index contributed by atoms with van der Waals surface area (Å²) in [6.07, 6.45) is 6.20. The number of likely N-dealkylation sites (tertiary alicyclic amines) is 1. The van der Waals surface area contributed by atoms with E-state index in [-0.39, 0.29) is 12.1 Å². The maximum atomic E-state index is 12.7. The number of aromatic nitrogens is 1. The van der Waals surface area contributed by atoms with E-state index in [1.807, 2.05) is 6.07 Å². The molecule has 0 atom stereocenters. The van der Waals surface area contributed by atoms with Crippen molar-refractivity contribution in [3.63, 3.8) is 0 Å². The third-order valence-corrected chi connectivity index (χ3v) is 6.94.